The minimum atomic E-state index is -3.26. The molecule has 0 amide bonds. The zero-order valence-electron chi connectivity index (χ0n) is 13.5. The Morgan fingerprint density at radius 3 is 2.35 bits per heavy atom. The second kappa shape index (κ2) is 8.50. The smallest absolute Gasteiger partial charge is 0.309 e. The van der Waals surface area contributed by atoms with Gasteiger partial charge < -0.3 is 5.11 Å². The van der Waals surface area contributed by atoms with E-state index in [0.717, 1.165) is 12.8 Å². The lowest BCUT2D eigenvalue weighted by molar-refractivity contribution is -0.146. The molecule has 0 aliphatic carbocycles. The molecular formula is C17H23ClO4S. The average molecular weight is 359 g/mol. The molecule has 0 spiro atoms. The van der Waals surface area contributed by atoms with E-state index < -0.39 is 21.2 Å². The van der Waals surface area contributed by atoms with Crippen molar-refractivity contribution >= 4 is 27.4 Å². The molecule has 0 atom stereocenters. The van der Waals surface area contributed by atoms with Crippen LogP contribution >= 0.6 is 11.6 Å². The minimum Gasteiger partial charge on any atom is -0.481 e. The molecule has 0 saturated heterocycles. The number of carbonyl (C=O) groups is 1. The van der Waals surface area contributed by atoms with Gasteiger partial charge in [-0.3, -0.25) is 4.79 Å². The van der Waals surface area contributed by atoms with Crippen molar-refractivity contribution in [1.29, 1.82) is 0 Å². The van der Waals surface area contributed by atoms with E-state index in [0.29, 0.717) is 22.8 Å². The number of sulfone groups is 1. The van der Waals surface area contributed by atoms with Crippen molar-refractivity contribution in [3.63, 3.8) is 0 Å². The lowest BCUT2D eigenvalue weighted by Gasteiger charge is -2.15. The third-order valence-electron chi connectivity index (χ3n) is 3.58. The summed E-state index contributed by atoms with van der Waals surface area (Å²) < 4.78 is 24.2. The highest BCUT2D eigenvalue weighted by atomic mass is 35.5. The molecule has 0 aromatic heterocycles. The normalized spacial score (nSPS) is 12.7. The van der Waals surface area contributed by atoms with Crippen LogP contribution in [0.25, 0.3) is 0 Å². The van der Waals surface area contributed by atoms with Crippen molar-refractivity contribution in [1.82, 2.24) is 0 Å². The molecule has 0 heterocycles. The molecule has 1 rings (SSSR count). The summed E-state index contributed by atoms with van der Waals surface area (Å²) in [6.45, 7) is 3.36. The molecule has 23 heavy (non-hydrogen) atoms. The Morgan fingerprint density at radius 2 is 1.78 bits per heavy atom. The fraction of sp³-hybridized carbons (Fsp3) is 0.471. The van der Waals surface area contributed by atoms with Gasteiger partial charge in [-0.25, -0.2) is 8.42 Å². The topological polar surface area (TPSA) is 71.4 Å². The maximum absolute atomic E-state index is 12.1. The quantitative estimate of drug-likeness (QED) is 0.526. The number of hydrogen-bond donors (Lipinski definition) is 1. The number of allylic oxidation sites excluding steroid dienone is 2. The van der Waals surface area contributed by atoms with Crippen molar-refractivity contribution in [3.05, 3.63) is 41.4 Å². The Bertz CT molecular complexity index is 646. The van der Waals surface area contributed by atoms with E-state index in [2.05, 4.69) is 0 Å². The zero-order chi connectivity index (χ0) is 17.5. The summed E-state index contributed by atoms with van der Waals surface area (Å²) in [4.78, 5) is 11.2. The SMILES string of the molecule is CC(C)(CC=CCCCCS(=O)(=O)c1ccc(Cl)cc1)C(=O)O. The van der Waals surface area contributed by atoms with Crippen molar-refractivity contribution in [2.24, 2.45) is 5.41 Å². The number of rotatable bonds is 9. The largest absolute Gasteiger partial charge is 0.481 e. The van der Waals surface area contributed by atoms with Crippen LogP contribution in [0.2, 0.25) is 5.02 Å². The van der Waals surface area contributed by atoms with Crippen LogP contribution in [0.5, 0.6) is 0 Å². The molecule has 6 heteroatoms. The van der Waals surface area contributed by atoms with Crippen molar-refractivity contribution in [3.8, 4) is 0 Å². The molecule has 1 N–H and O–H groups in total. The number of benzene rings is 1. The summed E-state index contributed by atoms with van der Waals surface area (Å²) in [7, 11) is -3.26. The van der Waals surface area contributed by atoms with E-state index in [4.69, 9.17) is 16.7 Å². The molecule has 128 valence electrons. The first kappa shape index (κ1) is 19.7. The van der Waals surface area contributed by atoms with Gasteiger partial charge >= 0.3 is 5.97 Å². The van der Waals surface area contributed by atoms with Crippen LogP contribution in [-0.2, 0) is 14.6 Å². The highest BCUT2D eigenvalue weighted by molar-refractivity contribution is 7.91. The summed E-state index contributed by atoms with van der Waals surface area (Å²) in [6, 6.07) is 6.18. The molecule has 0 radical (unpaired) electrons. The van der Waals surface area contributed by atoms with Gasteiger partial charge in [0.2, 0.25) is 0 Å². The number of hydrogen-bond acceptors (Lipinski definition) is 3. The van der Waals surface area contributed by atoms with Crippen molar-refractivity contribution in [2.45, 2.75) is 44.4 Å². The second-order valence-corrected chi connectivity index (χ2v) is 8.68. The molecule has 4 nitrogen and oxygen atoms in total. The van der Waals surface area contributed by atoms with E-state index in [1.807, 2.05) is 12.2 Å². The molecule has 0 unspecified atom stereocenters. The predicted octanol–water partition coefficient (Wildman–Crippen LogP) is 4.34. The number of aliphatic carboxylic acids is 1. The van der Waals surface area contributed by atoms with Crippen LogP contribution in [0, 0.1) is 5.41 Å². The third-order valence-corrected chi connectivity index (χ3v) is 5.65. The molecule has 0 aliphatic rings. The fourth-order valence-electron chi connectivity index (χ4n) is 1.90. The summed E-state index contributed by atoms with van der Waals surface area (Å²) in [5, 5.41) is 9.50. The molecule has 0 bridgehead atoms. The van der Waals surface area contributed by atoms with Crippen molar-refractivity contribution in [2.75, 3.05) is 5.75 Å². The van der Waals surface area contributed by atoms with Gasteiger partial charge in [0, 0.05) is 5.02 Å². The second-order valence-electron chi connectivity index (χ2n) is 6.13. The summed E-state index contributed by atoms with van der Waals surface area (Å²) in [5.41, 5.74) is -0.769. The van der Waals surface area contributed by atoms with Crippen LogP contribution in [0.4, 0.5) is 0 Å². The Balaban J connectivity index is 2.34. The number of carboxylic acid groups (broad SMARTS) is 1. The van der Waals surface area contributed by atoms with Gasteiger partial charge in [-0.1, -0.05) is 23.8 Å². The first-order chi connectivity index (χ1) is 10.6. The Hall–Kier alpha value is -1.33. The van der Waals surface area contributed by atoms with Gasteiger partial charge in [0.1, 0.15) is 0 Å². The van der Waals surface area contributed by atoms with E-state index >= 15 is 0 Å². The highest BCUT2D eigenvalue weighted by Crippen LogP contribution is 2.21. The van der Waals surface area contributed by atoms with Gasteiger partial charge in [-0.15, -0.1) is 0 Å². The van der Waals surface area contributed by atoms with E-state index in [1.165, 1.54) is 12.1 Å². The minimum absolute atomic E-state index is 0.100. The number of unbranched alkanes of at least 4 members (excludes halogenated alkanes) is 2. The number of halogens is 1. The van der Waals surface area contributed by atoms with Gasteiger partial charge in [-0.05, 0) is 63.8 Å². The monoisotopic (exact) mass is 358 g/mol. The molecule has 0 fully saturated rings. The molecule has 1 aromatic rings. The van der Waals surface area contributed by atoms with Gasteiger partial charge in [0.05, 0.1) is 16.1 Å². The maximum atomic E-state index is 12.1. The van der Waals surface area contributed by atoms with Crippen LogP contribution in [0.3, 0.4) is 0 Å². The molecular weight excluding hydrogens is 336 g/mol. The number of carboxylic acids is 1. The molecule has 0 aliphatic heterocycles. The zero-order valence-corrected chi connectivity index (χ0v) is 15.0. The first-order valence-corrected chi connectivity index (χ1v) is 9.55. The van der Waals surface area contributed by atoms with Gasteiger partial charge in [0.15, 0.2) is 9.84 Å². The lowest BCUT2D eigenvalue weighted by Crippen LogP contribution is -2.22. The third kappa shape index (κ3) is 6.75. The van der Waals surface area contributed by atoms with E-state index in [-0.39, 0.29) is 5.75 Å². The molecule has 1 aromatic carbocycles. The van der Waals surface area contributed by atoms with E-state index in [9.17, 15) is 13.2 Å². The lowest BCUT2D eigenvalue weighted by atomic mass is 9.89. The average Bonchev–Trinajstić information content (AvgIpc) is 2.46. The van der Waals surface area contributed by atoms with Crippen LogP contribution < -0.4 is 0 Å². The first-order valence-electron chi connectivity index (χ1n) is 7.52. The Morgan fingerprint density at radius 1 is 1.17 bits per heavy atom. The molecule has 0 saturated carbocycles. The van der Waals surface area contributed by atoms with Gasteiger partial charge in [-0.2, -0.15) is 0 Å². The van der Waals surface area contributed by atoms with Crippen LogP contribution in [-0.4, -0.2) is 25.2 Å². The maximum Gasteiger partial charge on any atom is 0.309 e. The predicted molar refractivity (Wildman–Crippen MR) is 92.5 cm³/mol. The Labute approximate surface area is 143 Å². The van der Waals surface area contributed by atoms with Gasteiger partial charge in [0.25, 0.3) is 0 Å². The Kier molecular flexibility index (Phi) is 7.29. The van der Waals surface area contributed by atoms with Crippen LogP contribution in [0.15, 0.2) is 41.3 Å². The summed E-state index contributed by atoms with van der Waals surface area (Å²) in [5.74, 6) is -0.723. The van der Waals surface area contributed by atoms with Crippen molar-refractivity contribution < 1.29 is 18.3 Å². The standard InChI is InChI=1S/C17H23ClO4S/c1-17(2,16(19)20)12-6-4-3-5-7-13-23(21,22)15-10-8-14(18)9-11-15/h4,6,8-11H,3,5,7,12-13H2,1-2H3,(H,19,20). The van der Waals surface area contributed by atoms with E-state index in [1.54, 1.807) is 26.0 Å². The van der Waals surface area contributed by atoms with Crippen LogP contribution in [0.1, 0.15) is 39.5 Å². The highest BCUT2D eigenvalue weighted by Gasteiger charge is 2.24. The summed E-state index contributed by atoms with van der Waals surface area (Å²) >= 11 is 5.75. The summed E-state index contributed by atoms with van der Waals surface area (Å²) in [6.07, 6.45) is 6.28. The fourth-order valence-corrected chi connectivity index (χ4v) is 3.39.